The van der Waals surface area contributed by atoms with E-state index in [-0.39, 0.29) is 12.3 Å². The largest absolute Gasteiger partial charge is 0.393 e. The van der Waals surface area contributed by atoms with Gasteiger partial charge in [0.25, 0.3) is 0 Å². The van der Waals surface area contributed by atoms with Gasteiger partial charge in [-0.15, -0.1) is 0 Å². The third-order valence-electron chi connectivity index (χ3n) is 4.65. The van der Waals surface area contributed by atoms with Gasteiger partial charge in [-0.2, -0.15) is 13.2 Å². The number of amides is 1. The fourth-order valence-electron chi connectivity index (χ4n) is 3.29. The second kappa shape index (κ2) is 5.92. The number of rotatable bonds is 2. The zero-order valence-electron chi connectivity index (χ0n) is 11.9. The number of halogens is 3. The molecule has 20 heavy (non-hydrogen) atoms. The van der Waals surface area contributed by atoms with Crippen LogP contribution >= 0.6 is 0 Å². The molecule has 1 aliphatic heterocycles. The maximum Gasteiger partial charge on any atom is 0.393 e. The standard InChI is InChI=1S/C14H23F3N2O/c1-13(7-4-8-18-9-13)12(20)19-11-6-3-2-5-10(11)14(15,16)17/h10-11,18H,2-9H2,1H3,(H,19,20). The molecular weight excluding hydrogens is 269 g/mol. The van der Waals surface area contributed by atoms with Crippen LogP contribution in [0.4, 0.5) is 13.2 Å². The van der Waals surface area contributed by atoms with Gasteiger partial charge in [-0.25, -0.2) is 0 Å². The van der Waals surface area contributed by atoms with Crippen molar-refractivity contribution in [2.24, 2.45) is 11.3 Å². The second-order valence-corrected chi connectivity index (χ2v) is 6.35. The number of carbonyl (C=O) groups is 1. The Hall–Kier alpha value is -0.780. The Morgan fingerprint density at radius 2 is 1.95 bits per heavy atom. The van der Waals surface area contributed by atoms with E-state index in [2.05, 4.69) is 10.6 Å². The Bertz CT molecular complexity index is 351. The lowest BCUT2D eigenvalue weighted by atomic mass is 9.79. The van der Waals surface area contributed by atoms with Crippen LogP contribution in [0.5, 0.6) is 0 Å². The molecule has 2 N–H and O–H groups in total. The van der Waals surface area contributed by atoms with E-state index in [1.807, 2.05) is 6.92 Å². The molecule has 2 fully saturated rings. The average Bonchev–Trinajstić information content (AvgIpc) is 2.39. The van der Waals surface area contributed by atoms with Crippen molar-refractivity contribution < 1.29 is 18.0 Å². The second-order valence-electron chi connectivity index (χ2n) is 6.35. The summed E-state index contributed by atoms with van der Waals surface area (Å²) >= 11 is 0. The minimum atomic E-state index is -4.22. The van der Waals surface area contributed by atoms with E-state index in [0.717, 1.165) is 25.8 Å². The molecule has 0 spiro atoms. The monoisotopic (exact) mass is 292 g/mol. The van der Waals surface area contributed by atoms with Crippen molar-refractivity contribution in [3.8, 4) is 0 Å². The molecule has 0 bridgehead atoms. The van der Waals surface area contributed by atoms with Crippen molar-refractivity contribution >= 4 is 5.91 Å². The van der Waals surface area contributed by atoms with Crippen LogP contribution in [0.3, 0.4) is 0 Å². The van der Waals surface area contributed by atoms with Crippen LogP contribution in [0.25, 0.3) is 0 Å². The molecule has 1 heterocycles. The molecule has 2 rings (SSSR count). The lowest BCUT2D eigenvalue weighted by Crippen LogP contribution is -2.55. The van der Waals surface area contributed by atoms with Crippen LogP contribution < -0.4 is 10.6 Å². The summed E-state index contributed by atoms with van der Waals surface area (Å²) in [6.45, 7) is 3.25. The molecule has 6 heteroatoms. The van der Waals surface area contributed by atoms with Crippen molar-refractivity contribution in [3.63, 3.8) is 0 Å². The van der Waals surface area contributed by atoms with Gasteiger partial charge in [0.05, 0.1) is 11.3 Å². The zero-order chi connectivity index (χ0) is 14.8. The molecule has 3 nitrogen and oxygen atoms in total. The molecule has 2 aliphatic rings. The van der Waals surface area contributed by atoms with Crippen molar-refractivity contribution in [3.05, 3.63) is 0 Å². The number of hydrogen-bond acceptors (Lipinski definition) is 2. The molecular formula is C14H23F3N2O. The van der Waals surface area contributed by atoms with E-state index in [0.29, 0.717) is 19.4 Å². The first-order chi connectivity index (χ1) is 9.33. The first-order valence-electron chi connectivity index (χ1n) is 7.41. The predicted octanol–water partition coefficient (Wildman–Crippen LogP) is 2.61. The van der Waals surface area contributed by atoms with E-state index in [4.69, 9.17) is 0 Å². The van der Waals surface area contributed by atoms with Gasteiger partial charge in [0.15, 0.2) is 0 Å². The van der Waals surface area contributed by atoms with Gasteiger partial charge in [0.2, 0.25) is 5.91 Å². The maximum absolute atomic E-state index is 13.0. The Morgan fingerprint density at radius 3 is 2.55 bits per heavy atom. The Balaban J connectivity index is 2.01. The zero-order valence-corrected chi connectivity index (χ0v) is 11.9. The van der Waals surface area contributed by atoms with Crippen LogP contribution in [-0.4, -0.2) is 31.2 Å². The van der Waals surface area contributed by atoms with Gasteiger partial charge >= 0.3 is 6.18 Å². The highest BCUT2D eigenvalue weighted by atomic mass is 19.4. The summed E-state index contributed by atoms with van der Waals surface area (Å²) in [6, 6.07) is -0.755. The van der Waals surface area contributed by atoms with Gasteiger partial charge in [0.1, 0.15) is 0 Å². The van der Waals surface area contributed by atoms with E-state index in [1.54, 1.807) is 0 Å². The lowest BCUT2D eigenvalue weighted by molar-refractivity contribution is -0.189. The van der Waals surface area contributed by atoms with Crippen molar-refractivity contribution in [1.82, 2.24) is 10.6 Å². The van der Waals surface area contributed by atoms with Gasteiger partial charge in [-0.05, 0) is 39.2 Å². The molecule has 116 valence electrons. The predicted molar refractivity (Wildman–Crippen MR) is 70.2 cm³/mol. The lowest BCUT2D eigenvalue weighted by Gasteiger charge is -2.38. The third kappa shape index (κ3) is 3.45. The molecule has 3 atom stereocenters. The van der Waals surface area contributed by atoms with Gasteiger partial charge < -0.3 is 10.6 Å². The number of piperidine rings is 1. The summed E-state index contributed by atoms with van der Waals surface area (Å²) in [4.78, 5) is 12.3. The Kier molecular flexibility index (Phi) is 4.62. The third-order valence-corrected chi connectivity index (χ3v) is 4.65. The highest BCUT2D eigenvalue weighted by Gasteiger charge is 2.47. The molecule has 1 saturated heterocycles. The number of alkyl halides is 3. The number of hydrogen-bond donors (Lipinski definition) is 2. The van der Waals surface area contributed by atoms with Gasteiger partial charge in [-0.1, -0.05) is 12.8 Å². The molecule has 3 unspecified atom stereocenters. The minimum absolute atomic E-state index is 0.128. The van der Waals surface area contributed by atoms with Crippen LogP contribution in [-0.2, 0) is 4.79 Å². The summed E-state index contributed by atoms with van der Waals surface area (Å²) in [5.74, 6) is -1.62. The summed E-state index contributed by atoms with van der Waals surface area (Å²) in [7, 11) is 0. The number of nitrogens with one attached hydrogen (secondary N) is 2. The SMILES string of the molecule is CC1(C(=O)NC2CCCCC2C(F)(F)F)CCCNC1. The summed E-state index contributed by atoms with van der Waals surface area (Å²) in [5.41, 5.74) is -0.578. The first-order valence-corrected chi connectivity index (χ1v) is 7.41. The quantitative estimate of drug-likeness (QED) is 0.821. The maximum atomic E-state index is 13.0. The Morgan fingerprint density at radius 1 is 1.25 bits per heavy atom. The first kappa shape index (κ1) is 15.6. The van der Waals surface area contributed by atoms with Gasteiger partial charge in [-0.3, -0.25) is 4.79 Å². The smallest absolute Gasteiger partial charge is 0.352 e. The van der Waals surface area contributed by atoms with Crippen LogP contribution in [0, 0.1) is 11.3 Å². The van der Waals surface area contributed by atoms with Crippen molar-refractivity contribution in [2.45, 2.75) is 57.7 Å². The Labute approximate surface area is 117 Å². The van der Waals surface area contributed by atoms with E-state index < -0.39 is 23.6 Å². The normalized spacial score (nSPS) is 35.6. The summed E-state index contributed by atoms with van der Waals surface area (Å²) in [6.07, 6.45) is -0.693. The highest BCUT2D eigenvalue weighted by molar-refractivity contribution is 5.83. The molecule has 0 aromatic rings. The van der Waals surface area contributed by atoms with Gasteiger partial charge in [0, 0.05) is 12.6 Å². The average molecular weight is 292 g/mol. The van der Waals surface area contributed by atoms with Crippen LogP contribution in [0.1, 0.15) is 45.4 Å². The van der Waals surface area contributed by atoms with E-state index in [1.165, 1.54) is 0 Å². The van der Waals surface area contributed by atoms with E-state index >= 15 is 0 Å². The molecule has 1 saturated carbocycles. The van der Waals surface area contributed by atoms with Crippen molar-refractivity contribution in [2.75, 3.05) is 13.1 Å². The molecule has 0 radical (unpaired) electrons. The van der Waals surface area contributed by atoms with Crippen LogP contribution in [0.15, 0.2) is 0 Å². The fraction of sp³-hybridized carbons (Fsp3) is 0.929. The minimum Gasteiger partial charge on any atom is -0.352 e. The number of carbonyl (C=O) groups excluding carboxylic acids is 1. The molecule has 0 aromatic carbocycles. The topological polar surface area (TPSA) is 41.1 Å². The van der Waals surface area contributed by atoms with Crippen molar-refractivity contribution in [1.29, 1.82) is 0 Å². The van der Waals surface area contributed by atoms with E-state index in [9.17, 15) is 18.0 Å². The summed E-state index contributed by atoms with van der Waals surface area (Å²) < 4.78 is 39.0. The molecule has 1 amide bonds. The summed E-state index contributed by atoms with van der Waals surface area (Å²) in [5, 5.41) is 5.84. The highest BCUT2D eigenvalue weighted by Crippen LogP contribution is 2.38. The molecule has 0 aromatic heterocycles. The van der Waals surface area contributed by atoms with Crippen LogP contribution in [0.2, 0.25) is 0 Å². The molecule has 1 aliphatic carbocycles. The fourth-order valence-corrected chi connectivity index (χ4v) is 3.29.